The Morgan fingerprint density at radius 1 is 0.128 bits per heavy atom. The van der Waals surface area contributed by atoms with Gasteiger partial charge in [-0.2, -0.15) is 0 Å². The van der Waals surface area contributed by atoms with E-state index in [0.717, 1.165) is 65.7 Å². The lowest BCUT2D eigenvalue weighted by molar-refractivity contribution is 0.668. The first kappa shape index (κ1) is 47.8. The zero-order valence-electron chi connectivity index (χ0n) is 85.9. The van der Waals surface area contributed by atoms with Gasteiger partial charge in [0.1, 0.15) is 33.5 Å². The monoisotopic (exact) mass is 1510 g/mol. The van der Waals surface area contributed by atoms with Crippen molar-refractivity contribution in [3.05, 3.63) is 436 Å². The molecule has 0 atom stereocenters. The topological polar surface area (TPSA) is 39.4 Å². The molecular formula is C114H72O3. The van der Waals surface area contributed by atoms with E-state index in [1.54, 1.807) is 60.7 Å². The molecule has 546 valence electrons. The first-order valence-electron chi connectivity index (χ1n) is 50.1. The van der Waals surface area contributed by atoms with Crippen molar-refractivity contribution in [2.24, 2.45) is 0 Å². The average Bonchev–Trinajstić information content (AvgIpc) is 1.59. The fourth-order valence-corrected chi connectivity index (χ4v) is 16.7. The Bertz CT molecular complexity index is 9220. The van der Waals surface area contributed by atoms with Crippen LogP contribution in [-0.2, 0) is 0 Å². The third-order valence-corrected chi connectivity index (χ3v) is 21.9. The van der Waals surface area contributed by atoms with E-state index in [4.69, 9.17) is 37.9 Å². The molecule has 0 fully saturated rings. The summed E-state index contributed by atoms with van der Waals surface area (Å²) in [5, 5.41) is 7.12. The molecule has 3 heterocycles. The van der Waals surface area contributed by atoms with Gasteiger partial charge in [-0.05, 0) is 238 Å². The minimum Gasteiger partial charge on any atom is -0.456 e. The molecule has 3 heteroatoms. The summed E-state index contributed by atoms with van der Waals surface area (Å²) in [6, 6.07) is 82.2. The predicted octanol–water partition coefficient (Wildman–Crippen LogP) is 32.7. The summed E-state index contributed by atoms with van der Waals surface area (Å²) in [5.74, 6) is 0. The molecule has 0 unspecified atom stereocenters. The normalized spacial score (nSPS) is 14.5. The number of hydrogen-bond acceptors (Lipinski definition) is 3. The van der Waals surface area contributed by atoms with E-state index in [9.17, 15) is 8.22 Å². The van der Waals surface area contributed by atoms with Crippen LogP contribution in [0.3, 0.4) is 0 Å². The third kappa shape index (κ3) is 12.1. The molecule has 0 aliphatic rings. The van der Waals surface area contributed by atoms with Crippen molar-refractivity contribution in [3.63, 3.8) is 0 Å². The van der Waals surface area contributed by atoms with Crippen molar-refractivity contribution in [1.82, 2.24) is 0 Å². The van der Waals surface area contributed by atoms with Crippen LogP contribution in [0.15, 0.2) is 449 Å². The number of hydrogen-bond donors (Lipinski definition) is 0. The molecule has 0 saturated carbocycles. The van der Waals surface area contributed by atoms with Crippen molar-refractivity contribution < 1.29 is 46.1 Å². The zero-order chi connectivity index (χ0) is 98.2. The molecule has 117 heavy (non-hydrogen) atoms. The maximum atomic E-state index is 9.42. The Balaban J connectivity index is 0.000000122. The van der Waals surface area contributed by atoms with Crippen molar-refractivity contribution in [3.8, 4) is 100 Å². The van der Waals surface area contributed by atoms with Gasteiger partial charge in [0, 0.05) is 32.3 Å². The fraction of sp³-hybridized carbons (Fsp3) is 0. The van der Waals surface area contributed by atoms with E-state index in [0.29, 0.717) is 100 Å². The number of furan rings is 3. The van der Waals surface area contributed by atoms with Gasteiger partial charge in [-0.3, -0.25) is 0 Å². The van der Waals surface area contributed by atoms with E-state index in [2.05, 4.69) is 6.07 Å². The maximum Gasteiger partial charge on any atom is 0.135 e. The van der Waals surface area contributed by atoms with Gasteiger partial charge >= 0.3 is 0 Å². The van der Waals surface area contributed by atoms with Gasteiger partial charge in [-0.25, -0.2) is 0 Å². The first-order valence-corrected chi connectivity index (χ1v) is 38.1. The highest BCUT2D eigenvalue weighted by Gasteiger charge is 2.23. The van der Waals surface area contributed by atoms with Gasteiger partial charge in [0.15, 0.2) is 0 Å². The van der Waals surface area contributed by atoms with Crippen LogP contribution in [0, 0.1) is 0 Å². The standard InChI is InChI=1S/C44H28O.C38H24O.C32H20O/c1-3-13-29(14-4-1)32-25-33(30-15-5-2-6-16-30)27-34(26-32)44-38-20-9-7-18-36(38)43(37-19-8-10-21-39(37)44)31-23-24-42-40(28-31)35-17-11-12-22-41(35)45-42;1-2-10-25(11-3-1)26-18-20-27(21-19-26)37-30-13-4-6-15-32(30)38(33-16-7-5-14-31(33)37)28-22-23-36-34(24-28)29-12-8-9-17-35(29)39-36;1-2-10-21(11-3-1)31-24-13-4-6-15-26(24)32(27-16-7-5-14-25(27)31)22-18-19-30-28(20-22)23-12-8-9-17-29(23)33-30/h1-28H;1-24H;1-20H/i7D,8D,9D,10D,18D,19D,20D,21D;2*4D,5D,6D,7D,13D,14D,15D,16D. The van der Waals surface area contributed by atoms with Gasteiger partial charge in [0.25, 0.3) is 0 Å². The van der Waals surface area contributed by atoms with Gasteiger partial charge in [0.05, 0.1) is 32.9 Å². The van der Waals surface area contributed by atoms with Crippen LogP contribution in [0.25, 0.3) is 231 Å². The first-order chi connectivity index (χ1) is 68.0. The molecule has 0 aliphatic carbocycles. The van der Waals surface area contributed by atoms with Crippen LogP contribution >= 0.6 is 0 Å². The van der Waals surface area contributed by atoms with E-state index < -0.39 is 72.5 Å². The molecule has 0 saturated heterocycles. The van der Waals surface area contributed by atoms with E-state index in [1.807, 2.05) is 224 Å². The SMILES string of the molecule is [2H]c1c([2H])c([2H])c2c(-c3ccc4oc5ccccc5c4c3)c3c([2H])c([2H])c([2H])c([2H])c3c(-c3cc(-c4ccccc4)cc(-c4ccccc4)c3)c2c1[2H].[2H]c1c([2H])c([2H])c2c(-c3ccc4oc5ccccc5c4c3)c3c([2H])c([2H])c([2H])c([2H])c3c(-c3ccc(-c4ccccc4)cc3)c2c1[2H].[2H]c1c([2H])c([2H])c2c(-c3ccc4oc5ccccc5c4c3)c3c([2H])c([2H])c([2H])c([2H])c3c(-c3ccccc3)c2c1[2H]. The predicted molar refractivity (Wildman–Crippen MR) is 495 cm³/mol. The lowest BCUT2D eigenvalue weighted by Crippen LogP contribution is -1.92. The maximum absolute atomic E-state index is 9.42. The molecular weight excluding hydrogens is 1420 g/mol. The van der Waals surface area contributed by atoms with Gasteiger partial charge in [-0.15, -0.1) is 0 Å². The molecule has 0 radical (unpaired) electrons. The van der Waals surface area contributed by atoms with Crippen molar-refractivity contribution in [2.75, 3.05) is 0 Å². The van der Waals surface area contributed by atoms with E-state index in [1.165, 1.54) is 0 Å². The molecule has 21 aromatic carbocycles. The number of rotatable bonds is 9. The summed E-state index contributed by atoms with van der Waals surface area (Å²) >= 11 is 0. The van der Waals surface area contributed by atoms with E-state index in [-0.39, 0.29) is 137 Å². The minimum absolute atomic E-state index is 0.169. The number of para-hydroxylation sites is 3. The van der Waals surface area contributed by atoms with E-state index >= 15 is 0 Å². The van der Waals surface area contributed by atoms with Crippen molar-refractivity contribution in [2.45, 2.75) is 0 Å². The number of benzene rings is 21. The highest BCUT2D eigenvalue weighted by Crippen LogP contribution is 2.50. The molecule has 3 aromatic heterocycles. The third-order valence-electron chi connectivity index (χ3n) is 21.9. The zero-order valence-corrected chi connectivity index (χ0v) is 61.9. The summed E-state index contributed by atoms with van der Waals surface area (Å²) in [6.45, 7) is 0. The van der Waals surface area contributed by atoms with Crippen LogP contribution in [0.5, 0.6) is 0 Å². The molecule has 0 spiro atoms. The fourth-order valence-electron chi connectivity index (χ4n) is 16.7. The Morgan fingerprint density at radius 2 is 0.316 bits per heavy atom. The van der Waals surface area contributed by atoms with Crippen LogP contribution < -0.4 is 0 Å². The molecule has 0 bridgehead atoms. The Morgan fingerprint density at radius 3 is 0.607 bits per heavy atom. The van der Waals surface area contributed by atoms with Gasteiger partial charge in [0.2, 0.25) is 0 Å². The van der Waals surface area contributed by atoms with Crippen LogP contribution in [0.1, 0.15) is 32.9 Å². The highest BCUT2D eigenvalue weighted by molar-refractivity contribution is 6.26. The molecule has 0 N–H and O–H groups in total. The van der Waals surface area contributed by atoms with Crippen molar-refractivity contribution in [1.29, 1.82) is 0 Å². The largest absolute Gasteiger partial charge is 0.456 e. The molecule has 24 rings (SSSR count). The van der Waals surface area contributed by atoms with Gasteiger partial charge < -0.3 is 13.3 Å². The molecule has 3 nitrogen and oxygen atoms in total. The summed E-state index contributed by atoms with van der Waals surface area (Å²) in [5.41, 5.74) is 14.6. The highest BCUT2D eigenvalue weighted by atomic mass is 16.3. The molecule has 0 aliphatic heterocycles. The summed E-state index contributed by atoms with van der Waals surface area (Å²) in [6.07, 6.45) is 0. The van der Waals surface area contributed by atoms with Gasteiger partial charge in [-0.1, -0.05) is 363 Å². The van der Waals surface area contributed by atoms with Crippen LogP contribution in [-0.4, -0.2) is 0 Å². The Kier molecular flexibility index (Phi) is 11.8. The Hall–Kier alpha value is -15.4. The smallest absolute Gasteiger partial charge is 0.135 e. The van der Waals surface area contributed by atoms with Crippen molar-refractivity contribution >= 4 is 130 Å². The van der Waals surface area contributed by atoms with Crippen LogP contribution in [0.4, 0.5) is 0 Å². The Labute approximate surface area is 709 Å². The second-order valence-corrected chi connectivity index (χ2v) is 28.5. The second kappa shape index (κ2) is 29.0. The summed E-state index contributed by atoms with van der Waals surface area (Å²) in [4.78, 5) is 0. The summed E-state index contributed by atoms with van der Waals surface area (Å²) in [7, 11) is 0. The summed E-state index contributed by atoms with van der Waals surface area (Å²) < 4.78 is 233. The molecule has 0 amide bonds. The van der Waals surface area contributed by atoms with Crippen LogP contribution in [0.2, 0.25) is 0 Å². The molecule has 24 aromatic rings. The quantitative estimate of drug-likeness (QED) is 0.135. The average molecular weight is 1510 g/mol. The second-order valence-electron chi connectivity index (χ2n) is 28.5. The lowest BCUT2D eigenvalue weighted by atomic mass is 9.84. The minimum atomic E-state index is -0.437. The number of fused-ring (bicyclic) bond motifs is 15. The lowest BCUT2D eigenvalue weighted by Gasteiger charge is -2.19.